The second-order valence-electron chi connectivity index (χ2n) is 14.7. The van der Waals surface area contributed by atoms with E-state index in [0.717, 1.165) is 22.3 Å². The summed E-state index contributed by atoms with van der Waals surface area (Å²) in [5.74, 6) is -1.71. The van der Waals surface area contributed by atoms with Gasteiger partial charge in [-0.25, -0.2) is 16.8 Å². The molecule has 0 aliphatic heterocycles. The summed E-state index contributed by atoms with van der Waals surface area (Å²) >= 11 is 0. The van der Waals surface area contributed by atoms with Crippen molar-refractivity contribution in [3.8, 4) is 5.75 Å². The third-order valence-corrected chi connectivity index (χ3v) is 13.5. The van der Waals surface area contributed by atoms with Crippen molar-refractivity contribution in [2.24, 2.45) is 11.8 Å². The zero-order valence-corrected chi connectivity index (χ0v) is 34.5. The van der Waals surface area contributed by atoms with E-state index in [0.29, 0.717) is 5.75 Å². The Morgan fingerprint density at radius 1 is 0.684 bits per heavy atom. The maximum absolute atomic E-state index is 14.7. The van der Waals surface area contributed by atoms with Crippen LogP contribution in [0.3, 0.4) is 0 Å². The molecule has 0 fully saturated rings. The van der Waals surface area contributed by atoms with E-state index in [1.165, 1.54) is 27.9 Å². The number of sulfonamides is 2. The lowest BCUT2D eigenvalue weighted by molar-refractivity contribution is -0.125. The summed E-state index contributed by atoms with van der Waals surface area (Å²) in [5.41, 5.74) is 3.15. The van der Waals surface area contributed by atoms with Gasteiger partial charge in [0.15, 0.2) is 0 Å². The molecule has 0 spiro atoms. The number of carbonyl (C=O) groups is 1. The molecule has 0 aliphatic rings. The average Bonchev–Trinajstić information content (AvgIpc) is 3.21. The minimum atomic E-state index is -4.15. The van der Waals surface area contributed by atoms with Crippen LogP contribution in [0.15, 0.2) is 150 Å². The maximum atomic E-state index is 14.7. The molecular weight excluding hydrogens is 759 g/mol. The summed E-state index contributed by atoms with van der Waals surface area (Å²) in [6, 6.07) is 41.8. The fourth-order valence-electron chi connectivity index (χ4n) is 6.78. The number of nitrogens with one attached hydrogen (secondary N) is 1. The van der Waals surface area contributed by atoms with Gasteiger partial charge in [0.1, 0.15) is 5.75 Å². The van der Waals surface area contributed by atoms with Crippen LogP contribution in [-0.4, -0.2) is 74.6 Å². The SMILES string of the molecule is COc1ccc(S(=O)(=O)N(CC(C)C)CC(O)[C@H](Cc2ccccc2)NC(=O)[C@H](C)CS(=O)(=O)N(Cc2ccccc2)C(c2ccccc2)c2ccccc2)cc1. The quantitative estimate of drug-likeness (QED) is 0.0896. The average molecular weight is 812 g/mol. The number of methoxy groups -OCH3 is 1. The van der Waals surface area contributed by atoms with Gasteiger partial charge in [-0.2, -0.15) is 8.61 Å². The molecule has 0 saturated heterocycles. The molecule has 0 aliphatic carbocycles. The highest BCUT2D eigenvalue weighted by Crippen LogP contribution is 2.33. The summed E-state index contributed by atoms with van der Waals surface area (Å²) in [5, 5.41) is 14.7. The van der Waals surface area contributed by atoms with Gasteiger partial charge in [-0.05, 0) is 58.9 Å². The van der Waals surface area contributed by atoms with Crippen LogP contribution >= 0.6 is 0 Å². The fourth-order valence-corrected chi connectivity index (χ4v) is 10.3. The van der Waals surface area contributed by atoms with Crippen molar-refractivity contribution in [1.29, 1.82) is 0 Å². The standard InChI is InChI=1S/C45H53N3O7S2/c1-34(2)30-47(57(53,54)41-27-25-40(55-4)26-28-41)32-43(49)42(29-36-17-9-5-10-18-36)46-45(50)35(3)33-56(51,52)48(31-37-19-11-6-12-20-37)44(38-21-13-7-14-22-38)39-23-15-8-16-24-39/h5-28,34-35,42-44,49H,29-33H2,1-4H3,(H,46,50)/t35-,42+,43?/m1/s1. The fraction of sp³-hybridized carbons (Fsp3) is 0.311. The van der Waals surface area contributed by atoms with Gasteiger partial charge < -0.3 is 15.2 Å². The lowest BCUT2D eigenvalue weighted by Crippen LogP contribution is -2.52. The summed E-state index contributed by atoms with van der Waals surface area (Å²) in [4.78, 5) is 14.2. The first kappa shape index (κ1) is 43.3. The lowest BCUT2D eigenvalue weighted by atomic mass is 9.98. The molecule has 2 N–H and O–H groups in total. The summed E-state index contributed by atoms with van der Waals surface area (Å²) < 4.78 is 65.2. The Labute approximate surface area is 338 Å². The third kappa shape index (κ3) is 11.8. The first-order valence-corrected chi connectivity index (χ1v) is 22.1. The Hall–Kier alpha value is -4.85. The van der Waals surface area contributed by atoms with Crippen LogP contribution in [0.2, 0.25) is 0 Å². The van der Waals surface area contributed by atoms with E-state index in [4.69, 9.17) is 4.74 Å². The van der Waals surface area contributed by atoms with E-state index < -0.39 is 55.8 Å². The molecule has 302 valence electrons. The van der Waals surface area contributed by atoms with Crippen molar-refractivity contribution in [1.82, 2.24) is 13.9 Å². The van der Waals surface area contributed by atoms with Crippen LogP contribution in [-0.2, 0) is 37.8 Å². The summed E-state index contributed by atoms with van der Waals surface area (Å²) in [6.45, 7) is 5.20. The zero-order valence-electron chi connectivity index (χ0n) is 32.9. The molecule has 12 heteroatoms. The monoisotopic (exact) mass is 811 g/mol. The van der Waals surface area contributed by atoms with Crippen molar-refractivity contribution in [2.75, 3.05) is 26.0 Å². The molecule has 0 bridgehead atoms. The Kier molecular flexibility index (Phi) is 15.2. The van der Waals surface area contributed by atoms with E-state index in [1.807, 2.05) is 135 Å². The number of hydrogen-bond acceptors (Lipinski definition) is 7. The number of nitrogens with zero attached hydrogens (tertiary/aromatic N) is 2. The molecule has 5 rings (SSSR count). The van der Waals surface area contributed by atoms with Gasteiger partial charge in [-0.1, -0.05) is 142 Å². The second-order valence-corrected chi connectivity index (χ2v) is 18.6. The molecule has 10 nitrogen and oxygen atoms in total. The molecule has 5 aromatic carbocycles. The molecule has 0 saturated carbocycles. The number of benzene rings is 5. The maximum Gasteiger partial charge on any atom is 0.243 e. The van der Waals surface area contributed by atoms with Crippen molar-refractivity contribution < 1.29 is 31.5 Å². The molecule has 1 amide bonds. The van der Waals surface area contributed by atoms with Gasteiger partial charge in [0.05, 0.1) is 41.9 Å². The van der Waals surface area contributed by atoms with Gasteiger partial charge in [0.2, 0.25) is 26.0 Å². The van der Waals surface area contributed by atoms with Crippen molar-refractivity contribution in [3.05, 3.63) is 168 Å². The number of aliphatic hydroxyl groups excluding tert-OH is 1. The number of carbonyl (C=O) groups excluding carboxylic acids is 1. The van der Waals surface area contributed by atoms with Crippen LogP contribution in [0.4, 0.5) is 0 Å². The van der Waals surface area contributed by atoms with E-state index in [1.54, 1.807) is 19.1 Å². The van der Waals surface area contributed by atoms with E-state index in [9.17, 15) is 26.7 Å². The highest BCUT2D eigenvalue weighted by atomic mass is 32.2. The molecule has 1 unspecified atom stereocenters. The Balaban J connectivity index is 1.43. The molecule has 0 radical (unpaired) electrons. The molecule has 0 heterocycles. The number of amides is 1. The third-order valence-electron chi connectivity index (χ3n) is 9.71. The molecule has 57 heavy (non-hydrogen) atoms. The number of hydrogen-bond donors (Lipinski definition) is 2. The minimum Gasteiger partial charge on any atom is -0.497 e. The highest BCUT2D eigenvalue weighted by molar-refractivity contribution is 7.89. The predicted molar refractivity (Wildman–Crippen MR) is 224 cm³/mol. The van der Waals surface area contributed by atoms with E-state index in [2.05, 4.69) is 5.32 Å². The molecule has 5 aromatic rings. The van der Waals surface area contributed by atoms with Crippen molar-refractivity contribution in [2.45, 2.75) is 56.8 Å². The van der Waals surface area contributed by atoms with Gasteiger partial charge in [-0.15, -0.1) is 0 Å². The smallest absolute Gasteiger partial charge is 0.243 e. The Bertz CT molecular complexity index is 2170. The zero-order chi connectivity index (χ0) is 41.0. The number of ether oxygens (including phenoxy) is 1. The number of aliphatic hydroxyl groups is 1. The van der Waals surface area contributed by atoms with Crippen molar-refractivity contribution >= 4 is 26.0 Å². The van der Waals surface area contributed by atoms with Crippen LogP contribution in [0.1, 0.15) is 49.1 Å². The topological polar surface area (TPSA) is 133 Å². The van der Waals surface area contributed by atoms with E-state index in [-0.39, 0.29) is 36.9 Å². The number of rotatable bonds is 20. The summed E-state index contributed by atoms with van der Waals surface area (Å²) in [7, 11) is -6.71. The van der Waals surface area contributed by atoms with Gasteiger partial charge in [0, 0.05) is 19.6 Å². The summed E-state index contributed by atoms with van der Waals surface area (Å²) in [6.07, 6.45) is -1.17. The van der Waals surface area contributed by atoms with Crippen LogP contribution in [0.5, 0.6) is 5.75 Å². The Morgan fingerprint density at radius 3 is 1.67 bits per heavy atom. The first-order chi connectivity index (χ1) is 27.3. The lowest BCUT2D eigenvalue weighted by Gasteiger charge is -2.33. The van der Waals surface area contributed by atoms with Crippen LogP contribution in [0.25, 0.3) is 0 Å². The molecule has 0 aromatic heterocycles. The Morgan fingerprint density at radius 2 is 1.18 bits per heavy atom. The molecule has 3 atom stereocenters. The molecular formula is C45H53N3O7S2. The van der Waals surface area contributed by atoms with Crippen LogP contribution < -0.4 is 10.1 Å². The van der Waals surface area contributed by atoms with Crippen LogP contribution in [0, 0.1) is 11.8 Å². The largest absolute Gasteiger partial charge is 0.497 e. The minimum absolute atomic E-state index is 0.0444. The predicted octanol–water partition coefficient (Wildman–Crippen LogP) is 6.69. The van der Waals surface area contributed by atoms with Crippen molar-refractivity contribution in [3.63, 3.8) is 0 Å². The van der Waals surface area contributed by atoms with Gasteiger partial charge in [0.25, 0.3) is 0 Å². The second kappa shape index (κ2) is 20.0. The van der Waals surface area contributed by atoms with E-state index >= 15 is 0 Å². The van der Waals surface area contributed by atoms with Gasteiger partial charge in [-0.3, -0.25) is 4.79 Å². The first-order valence-electron chi connectivity index (χ1n) is 19.1. The highest BCUT2D eigenvalue weighted by Gasteiger charge is 2.37. The van der Waals surface area contributed by atoms with Gasteiger partial charge >= 0.3 is 0 Å². The normalized spacial score (nSPS) is 13.8.